The number of aryl methyl sites for hydroxylation is 1. The number of nitrogens with zero attached hydrogens (tertiary/aromatic N) is 3. The second-order valence-corrected chi connectivity index (χ2v) is 5.74. The summed E-state index contributed by atoms with van der Waals surface area (Å²) in [5, 5.41) is 14.1. The lowest BCUT2D eigenvalue weighted by Gasteiger charge is -2.09. The van der Waals surface area contributed by atoms with E-state index in [-0.39, 0.29) is 5.69 Å². The fraction of sp³-hybridized carbons (Fsp3) is 0.286. The van der Waals surface area contributed by atoms with Gasteiger partial charge in [0.25, 0.3) is 5.69 Å². The molecule has 2 rings (SSSR count). The monoisotopic (exact) mass is 398 g/mol. The first-order valence-corrected chi connectivity index (χ1v) is 7.62. The van der Waals surface area contributed by atoms with Crippen LogP contribution in [0.2, 0.25) is 0 Å². The second kappa shape index (κ2) is 6.79. The molecule has 0 saturated carbocycles. The fourth-order valence-electron chi connectivity index (χ4n) is 1.83. The number of non-ortho nitro benzene ring substituents is 1. The Balaban J connectivity index is 2.46. The zero-order valence-corrected chi connectivity index (χ0v) is 13.9. The summed E-state index contributed by atoms with van der Waals surface area (Å²) in [5.74, 6) is 1.25. The standard InChI is InChI=1S/C14H15IN4O2/c1-3-6-16-14-12(15)8-17-13(18-14)11-7-10(19(20)21)5-4-9(11)2/h4-5,7-8H,3,6H2,1-2H3,(H,16,17,18). The van der Waals surface area contributed by atoms with Gasteiger partial charge in [-0.15, -0.1) is 0 Å². The van der Waals surface area contributed by atoms with Gasteiger partial charge >= 0.3 is 0 Å². The van der Waals surface area contributed by atoms with Crippen LogP contribution in [0.25, 0.3) is 11.4 Å². The molecule has 1 heterocycles. The first kappa shape index (κ1) is 15.6. The molecule has 110 valence electrons. The quantitative estimate of drug-likeness (QED) is 0.471. The van der Waals surface area contributed by atoms with Crippen molar-refractivity contribution in [1.82, 2.24) is 9.97 Å². The zero-order chi connectivity index (χ0) is 15.4. The van der Waals surface area contributed by atoms with Crippen LogP contribution in [0.3, 0.4) is 0 Å². The van der Waals surface area contributed by atoms with Crippen LogP contribution >= 0.6 is 22.6 Å². The predicted octanol–water partition coefficient (Wildman–Crippen LogP) is 3.79. The van der Waals surface area contributed by atoms with Crippen molar-refractivity contribution >= 4 is 34.1 Å². The average Bonchev–Trinajstić information content (AvgIpc) is 2.47. The van der Waals surface area contributed by atoms with Gasteiger partial charge in [-0.1, -0.05) is 13.0 Å². The molecule has 21 heavy (non-hydrogen) atoms. The zero-order valence-electron chi connectivity index (χ0n) is 11.8. The van der Waals surface area contributed by atoms with E-state index in [9.17, 15) is 10.1 Å². The lowest BCUT2D eigenvalue weighted by Crippen LogP contribution is -2.06. The van der Waals surface area contributed by atoms with Crippen LogP contribution in [0.5, 0.6) is 0 Å². The minimum absolute atomic E-state index is 0.0424. The molecule has 0 bridgehead atoms. The van der Waals surface area contributed by atoms with Crippen LogP contribution in [0, 0.1) is 20.6 Å². The molecule has 0 atom stereocenters. The van der Waals surface area contributed by atoms with Gasteiger partial charge in [0.15, 0.2) is 5.82 Å². The highest BCUT2D eigenvalue weighted by molar-refractivity contribution is 14.1. The molecule has 0 fully saturated rings. The summed E-state index contributed by atoms with van der Waals surface area (Å²) in [7, 11) is 0. The molecule has 6 nitrogen and oxygen atoms in total. The molecular formula is C14H15IN4O2. The van der Waals surface area contributed by atoms with E-state index in [1.807, 2.05) is 6.92 Å². The van der Waals surface area contributed by atoms with Gasteiger partial charge in [0.1, 0.15) is 5.82 Å². The Kier molecular flexibility index (Phi) is 5.05. The molecule has 2 aromatic rings. The minimum Gasteiger partial charge on any atom is -0.369 e. The van der Waals surface area contributed by atoms with E-state index in [0.29, 0.717) is 11.4 Å². The van der Waals surface area contributed by atoms with Crippen LogP contribution in [0.15, 0.2) is 24.4 Å². The highest BCUT2D eigenvalue weighted by Gasteiger charge is 2.13. The molecule has 0 radical (unpaired) electrons. The summed E-state index contributed by atoms with van der Waals surface area (Å²) in [6.07, 6.45) is 2.71. The maximum atomic E-state index is 10.9. The highest BCUT2D eigenvalue weighted by Crippen LogP contribution is 2.27. The summed E-state index contributed by atoms with van der Waals surface area (Å²) in [6.45, 7) is 4.78. The van der Waals surface area contributed by atoms with Crippen LogP contribution < -0.4 is 5.32 Å². The number of anilines is 1. The van der Waals surface area contributed by atoms with Gasteiger partial charge in [0.2, 0.25) is 0 Å². The fourth-order valence-corrected chi connectivity index (χ4v) is 2.28. The van der Waals surface area contributed by atoms with Crippen molar-refractivity contribution < 1.29 is 4.92 Å². The van der Waals surface area contributed by atoms with Crippen LogP contribution in [-0.4, -0.2) is 21.4 Å². The topological polar surface area (TPSA) is 81.0 Å². The van der Waals surface area contributed by atoms with E-state index in [1.165, 1.54) is 12.1 Å². The van der Waals surface area contributed by atoms with Crippen molar-refractivity contribution in [2.45, 2.75) is 20.3 Å². The number of nitrogens with one attached hydrogen (secondary N) is 1. The minimum atomic E-state index is -0.411. The number of nitro groups is 1. The Labute approximate surface area is 136 Å². The third-order valence-corrected chi connectivity index (χ3v) is 3.75. The Bertz CT molecular complexity index is 676. The highest BCUT2D eigenvalue weighted by atomic mass is 127. The molecule has 0 aliphatic carbocycles. The molecule has 0 amide bonds. The molecule has 0 aliphatic heterocycles. The first-order chi connectivity index (χ1) is 10.0. The Morgan fingerprint density at radius 3 is 2.86 bits per heavy atom. The van der Waals surface area contributed by atoms with Crippen molar-refractivity contribution in [2.75, 3.05) is 11.9 Å². The van der Waals surface area contributed by atoms with Crippen molar-refractivity contribution in [2.24, 2.45) is 0 Å². The molecule has 1 aromatic carbocycles. The van der Waals surface area contributed by atoms with E-state index in [0.717, 1.165) is 27.9 Å². The van der Waals surface area contributed by atoms with Crippen LogP contribution in [0.4, 0.5) is 11.5 Å². The lowest BCUT2D eigenvalue weighted by atomic mass is 10.1. The summed E-state index contributed by atoms with van der Waals surface area (Å²) in [6, 6.07) is 4.72. The van der Waals surface area contributed by atoms with Gasteiger partial charge in [-0.25, -0.2) is 9.97 Å². The number of hydrogen-bond donors (Lipinski definition) is 1. The molecule has 1 aromatic heterocycles. The lowest BCUT2D eigenvalue weighted by molar-refractivity contribution is -0.384. The summed E-state index contributed by atoms with van der Waals surface area (Å²) >= 11 is 2.17. The third-order valence-electron chi connectivity index (χ3n) is 2.96. The number of nitro benzene ring substituents is 1. The molecule has 0 aliphatic rings. The Hall–Kier alpha value is -1.77. The largest absolute Gasteiger partial charge is 0.369 e. The number of aromatic nitrogens is 2. The van der Waals surface area contributed by atoms with Gasteiger partial charge in [0, 0.05) is 30.4 Å². The summed E-state index contributed by atoms with van der Waals surface area (Å²) in [4.78, 5) is 19.3. The molecule has 0 spiro atoms. The number of halogens is 1. The van der Waals surface area contributed by atoms with E-state index in [4.69, 9.17) is 0 Å². The number of benzene rings is 1. The van der Waals surface area contributed by atoms with E-state index in [1.54, 1.807) is 12.3 Å². The maximum Gasteiger partial charge on any atom is 0.270 e. The third kappa shape index (κ3) is 3.66. The van der Waals surface area contributed by atoms with E-state index in [2.05, 4.69) is 44.8 Å². The van der Waals surface area contributed by atoms with Crippen LogP contribution in [-0.2, 0) is 0 Å². The predicted molar refractivity (Wildman–Crippen MR) is 90.4 cm³/mol. The Morgan fingerprint density at radius 1 is 1.43 bits per heavy atom. The summed E-state index contributed by atoms with van der Waals surface area (Å²) < 4.78 is 0.924. The van der Waals surface area contributed by atoms with E-state index >= 15 is 0 Å². The average molecular weight is 398 g/mol. The number of hydrogen-bond acceptors (Lipinski definition) is 5. The SMILES string of the molecule is CCCNc1nc(-c2cc([N+](=O)[O-])ccc2C)ncc1I. The molecule has 0 unspecified atom stereocenters. The van der Waals surface area contributed by atoms with Gasteiger partial charge in [-0.3, -0.25) is 10.1 Å². The number of rotatable bonds is 5. The Morgan fingerprint density at radius 2 is 2.19 bits per heavy atom. The van der Waals surface area contributed by atoms with Gasteiger partial charge in [-0.2, -0.15) is 0 Å². The molecule has 7 heteroatoms. The second-order valence-electron chi connectivity index (χ2n) is 4.57. The maximum absolute atomic E-state index is 10.9. The van der Waals surface area contributed by atoms with Gasteiger partial charge in [-0.05, 0) is 41.5 Å². The smallest absolute Gasteiger partial charge is 0.270 e. The van der Waals surface area contributed by atoms with Crippen molar-refractivity contribution in [3.8, 4) is 11.4 Å². The molecule has 0 saturated heterocycles. The van der Waals surface area contributed by atoms with Crippen LogP contribution in [0.1, 0.15) is 18.9 Å². The molecule has 1 N–H and O–H groups in total. The van der Waals surface area contributed by atoms with Crippen molar-refractivity contribution in [3.63, 3.8) is 0 Å². The first-order valence-electron chi connectivity index (χ1n) is 6.54. The molecular weight excluding hydrogens is 383 g/mol. The van der Waals surface area contributed by atoms with Gasteiger partial charge < -0.3 is 5.32 Å². The summed E-state index contributed by atoms with van der Waals surface area (Å²) in [5.41, 5.74) is 1.63. The van der Waals surface area contributed by atoms with Gasteiger partial charge in [0.05, 0.1) is 8.49 Å². The normalized spacial score (nSPS) is 10.4. The van der Waals surface area contributed by atoms with Crippen molar-refractivity contribution in [1.29, 1.82) is 0 Å². The van der Waals surface area contributed by atoms with E-state index < -0.39 is 4.92 Å². The van der Waals surface area contributed by atoms with Crippen molar-refractivity contribution in [3.05, 3.63) is 43.6 Å².